The van der Waals surface area contributed by atoms with Crippen molar-refractivity contribution in [3.05, 3.63) is 59.5 Å². The molecule has 1 aliphatic heterocycles. The van der Waals surface area contributed by atoms with Gasteiger partial charge >= 0.3 is 0 Å². The van der Waals surface area contributed by atoms with E-state index in [0.717, 1.165) is 12.8 Å². The SMILES string of the molecule is O=C(CNC(=O)CNC(=O)[C@@H]1c2ccccc2C(=O)N1C1CC1)NCc1ccco1. The Kier molecular flexibility index (Phi) is 5.51. The van der Waals surface area contributed by atoms with Gasteiger partial charge in [-0.05, 0) is 36.6 Å². The van der Waals surface area contributed by atoms with Gasteiger partial charge in [0, 0.05) is 11.6 Å². The van der Waals surface area contributed by atoms with Gasteiger partial charge in [0.25, 0.3) is 5.91 Å². The lowest BCUT2D eigenvalue weighted by Crippen LogP contribution is -2.45. The van der Waals surface area contributed by atoms with Crippen LogP contribution in [-0.2, 0) is 20.9 Å². The molecular formula is C21H22N4O5. The summed E-state index contributed by atoms with van der Waals surface area (Å²) in [6.07, 6.45) is 3.25. The molecular weight excluding hydrogens is 388 g/mol. The first-order valence-corrected chi connectivity index (χ1v) is 9.79. The fourth-order valence-electron chi connectivity index (χ4n) is 3.50. The number of furan rings is 1. The average Bonchev–Trinajstić information content (AvgIpc) is 3.36. The van der Waals surface area contributed by atoms with Gasteiger partial charge < -0.3 is 25.3 Å². The quantitative estimate of drug-likeness (QED) is 0.585. The van der Waals surface area contributed by atoms with E-state index >= 15 is 0 Å². The predicted molar refractivity (Wildman–Crippen MR) is 105 cm³/mol. The normalized spacial score (nSPS) is 17.4. The van der Waals surface area contributed by atoms with Crippen molar-refractivity contribution in [1.82, 2.24) is 20.9 Å². The van der Waals surface area contributed by atoms with Gasteiger partial charge in [-0.3, -0.25) is 19.2 Å². The molecule has 2 heterocycles. The fourth-order valence-corrected chi connectivity index (χ4v) is 3.50. The molecule has 4 amide bonds. The lowest BCUT2D eigenvalue weighted by Gasteiger charge is -2.24. The second-order valence-corrected chi connectivity index (χ2v) is 7.28. The molecule has 1 atom stereocenters. The summed E-state index contributed by atoms with van der Waals surface area (Å²) in [4.78, 5) is 50.9. The Morgan fingerprint density at radius 2 is 1.70 bits per heavy atom. The first-order valence-electron chi connectivity index (χ1n) is 9.79. The van der Waals surface area contributed by atoms with E-state index in [0.29, 0.717) is 16.9 Å². The standard InChI is InChI=1S/C21H22N4O5/c26-17(22-10-14-4-3-9-30-14)11-23-18(27)12-24-20(28)19-15-5-1-2-6-16(15)21(29)25(19)13-7-8-13/h1-6,9,13,19H,7-8,10-12H2,(H,22,26)(H,23,27)(H,24,28)/t19-/m0/s1. The molecule has 3 N–H and O–H groups in total. The predicted octanol–water partition coefficient (Wildman–Crippen LogP) is 0.488. The molecule has 1 aromatic heterocycles. The van der Waals surface area contributed by atoms with Crippen molar-refractivity contribution in [1.29, 1.82) is 0 Å². The van der Waals surface area contributed by atoms with Gasteiger partial charge in [0.2, 0.25) is 17.7 Å². The third kappa shape index (κ3) is 4.19. The number of nitrogens with zero attached hydrogens (tertiary/aromatic N) is 1. The van der Waals surface area contributed by atoms with E-state index in [-0.39, 0.29) is 37.5 Å². The molecule has 1 saturated carbocycles. The number of fused-ring (bicyclic) bond motifs is 1. The van der Waals surface area contributed by atoms with E-state index < -0.39 is 17.9 Å². The Balaban J connectivity index is 1.27. The third-order valence-corrected chi connectivity index (χ3v) is 5.10. The zero-order valence-corrected chi connectivity index (χ0v) is 16.2. The summed E-state index contributed by atoms with van der Waals surface area (Å²) in [6.45, 7) is -0.269. The van der Waals surface area contributed by atoms with Gasteiger partial charge in [-0.25, -0.2) is 0 Å². The second-order valence-electron chi connectivity index (χ2n) is 7.28. The molecule has 30 heavy (non-hydrogen) atoms. The number of carbonyl (C=O) groups is 4. The monoisotopic (exact) mass is 410 g/mol. The Hall–Kier alpha value is -3.62. The maximum Gasteiger partial charge on any atom is 0.255 e. The van der Waals surface area contributed by atoms with Gasteiger partial charge in [-0.15, -0.1) is 0 Å². The number of rotatable bonds is 8. The third-order valence-electron chi connectivity index (χ3n) is 5.10. The van der Waals surface area contributed by atoms with Crippen molar-refractivity contribution in [3.8, 4) is 0 Å². The van der Waals surface area contributed by atoms with E-state index in [1.54, 1.807) is 41.3 Å². The molecule has 0 radical (unpaired) electrons. The minimum absolute atomic E-state index is 0.0623. The molecule has 1 aliphatic carbocycles. The van der Waals surface area contributed by atoms with Gasteiger partial charge in [0.15, 0.2) is 0 Å². The smallest absolute Gasteiger partial charge is 0.255 e. The first kappa shape index (κ1) is 19.7. The number of benzene rings is 1. The molecule has 0 saturated heterocycles. The van der Waals surface area contributed by atoms with Gasteiger partial charge in [0.05, 0.1) is 25.9 Å². The number of hydrogen-bond donors (Lipinski definition) is 3. The topological polar surface area (TPSA) is 121 Å². The van der Waals surface area contributed by atoms with E-state index in [9.17, 15) is 19.2 Å². The van der Waals surface area contributed by atoms with Crippen molar-refractivity contribution in [3.63, 3.8) is 0 Å². The molecule has 1 fully saturated rings. The van der Waals surface area contributed by atoms with Gasteiger partial charge in [-0.1, -0.05) is 18.2 Å². The Morgan fingerprint density at radius 1 is 0.967 bits per heavy atom. The van der Waals surface area contributed by atoms with Crippen LogP contribution in [0.25, 0.3) is 0 Å². The summed E-state index contributed by atoms with van der Waals surface area (Å²) in [6, 6.07) is 9.82. The molecule has 0 spiro atoms. The molecule has 1 aromatic carbocycles. The number of hydrogen-bond acceptors (Lipinski definition) is 5. The molecule has 9 heteroatoms. The van der Waals surface area contributed by atoms with Crippen LogP contribution in [0.5, 0.6) is 0 Å². The minimum atomic E-state index is -0.731. The van der Waals surface area contributed by atoms with Crippen LogP contribution >= 0.6 is 0 Å². The minimum Gasteiger partial charge on any atom is -0.467 e. The van der Waals surface area contributed by atoms with Crippen LogP contribution in [0.1, 0.15) is 40.6 Å². The van der Waals surface area contributed by atoms with Crippen LogP contribution in [0.15, 0.2) is 47.1 Å². The highest BCUT2D eigenvalue weighted by molar-refractivity contribution is 6.05. The molecule has 156 valence electrons. The van der Waals surface area contributed by atoms with E-state index in [1.807, 2.05) is 0 Å². The summed E-state index contributed by atoms with van der Waals surface area (Å²) in [5.74, 6) is -0.814. The van der Waals surface area contributed by atoms with E-state index in [4.69, 9.17) is 4.42 Å². The van der Waals surface area contributed by atoms with Crippen LogP contribution in [0.2, 0.25) is 0 Å². The van der Waals surface area contributed by atoms with E-state index in [1.165, 1.54) is 6.26 Å². The zero-order valence-electron chi connectivity index (χ0n) is 16.2. The van der Waals surface area contributed by atoms with Crippen molar-refractivity contribution in [2.75, 3.05) is 13.1 Å². The molecule has 2 aliphatic rings. The van der Waals surface area contributed by atoms with Crippen molar-refractivity contribution in [2.24, 2.45) is 0 Å². The van der Waals surface area contributed by atoms with Crippen LogP contribution in [-0.4, -0.2) is 47.7 Å². The molecule has 0 bridgehead atoms. The first-order chi connectivity index (χ1) is 14.5. The second kappa shape index (κ2) is 8.40. The Labute approximate surface area is 172 Å². The van der Waals surface area contributed by atoms with Crippen molar-refractivity contribution in [2.45, 2.75) is 31.5 Å². The van der Waals surface area contributed by atoms with E-state index in [2.05, 4.69) is 16.0 Å². The highest BCUT2D eigenvalue weighted by Crippen LogP contribution is 2.41. The summed E-state index contributed by atoms with van der Waals surface area (Å²) < 4.78 is 5.11. The van der Waals surface area contributed by atoms with Crippen LogP contribution in [0, 0.1) is 0 Å². The molecule has 4 rings (SSSR count). The zero-order chi connectivity index (χ0) is 21.1. The molecule has 0 unspecified atom stereocenters. The van der Waals surface area contributed by atoms with Gasteiger partial charge in [0.1, 0.15) is 11.8 Å². The average molecular weight is 410 g/mol. The Bertz CT molecular complexity index is 968. The fraction of sp³-hybridized carbons (Fsp3) is 0.333. The maximum absolute atomic E-state index is 12.8. The van der Waals surface area contributed by atoms with Gasteiger partial charge in [-0.2, -0.15) is 0 Å². The highest BCUT2D eigenvalue weighted by atomic mass is 16.3. The summed E-state index contributed by atoms with van der Waals surface area (Å²) in [5, 5.41) is 7.65. The molecule has 2 aromatic rings. The molecule has 9 nitrogen and oxygen atoms in total. The lowest BCUT2D eigenvalue weighted by molar-refractivity contribution is -0.129. The summed E-state index contributed by atoms with van der Waals surface area (Å²) in [5.41, 5.74) is 1.19. The van der Waals surface area contributed by atoms with Crippen molar-refractivity contribution < 1.29 is 23.6 Å². The number of carbonyl (C=O) groups excluding carboxylic acids is 4. The van der Waals surface area contributed by atoms with Crippen molar-refractivity contribution >= 4 is 23.6 Å². The highest BCUT2D eigenvalue weighted by Gasteiger charge is 2.47. The lowest BCUT2D eigenvalue weighted by atomic mass is 10.0. The Morgan fingerprint density at radius 3 is 2.43 bits per heavy atom. The summed E-state index contributed by atoms with van der Waals surface area (Å²) >= 11 is 0. The van der Waals surface area contributed by atoms with Crippen LogP contribution in [0.4, 0.5) is 0 Å². The number of nitrogens with one attached hydrogen (secondary N) is 3. The largest absolute Gasteiger partial charge is 0.467 e. The van der Waals surface area contributed by atoms with Crippen LogP contribution < -0.4 is 16.0 Å². The number of amides is 4. The van der Waals surface area contributed by atoms with Crippen LogP contribution in [0.3, 0.4) is 0 Å². The summed E-state index contributed by atoms with van der Waals surface area (Å²) in [7, 11) is 0. The maximum atomic E-state index is 12.8.